The van der Waals surface area contributed by atoms with Crippen molar-refractivity contribution in [3.63, 3.8) is 0 Å². The highest BCUT2D eigenvalue weighted by atomic mass is 35.5. The van der Waals surface area contributed by atoms with E-state index >= 15 is 0 Å². The van der Waals surface area contributed by atoms with Crippen molar-refractivity contribution in [2.24, 2.45) is 0 Å². The number of halogens is 1. The van der Waals surface area contributed by atoms with Gasteiger partial charge in [-0.1, -0.05) is 37.1 Å². The van der Waals surface area contributed by atoms with Crippen LogP contribution < -0.4 is 5.32 Å². The summed E-state index contributed by atoms with van der Waals surface area (Å²) in [6, 6.07) is 7.32. The summed E-state index contributed by atoms with van der Waals surface area (Å²) >= 11 is 6.04. The van der Waals surface area contributed by atoms with Crippen LogP contribution in [0.3, 0.4) is 0 Å². The molecule has 2 aliphatic heterocycles. The van der Waals surface area contributed by atoms with Crippen molar-refractivity contribution in [2.45, 2.75) is 32.4 Å². The summed E-state index contributed by atoms with van der Waals surface area (Å²) in [6.45, 7) is 6.78. The first-order chi connectivity index (χ1) is 12.1. The van der Waals surface area contributed by atoms with E-state index in [9.17, 15) is 9.59 Å². The predicted molar refractivity (Wildman–Crippen MR) is 97.2 cm³/mol. The molecule has 0 aliphatic carbocycles. The summed E-state index contributed by atoms with van der Waals surface area (Å²) in [7, 11) is 0. The fourth-order valence-corrected chi connectivity index (χ4v) is 3.59. The molecule has 2 aliphatic rings. The normalized spacial score (nSPS) is 22.5. The third-order valence-corrected chi connectivity index (χ3v) is 5.02. The van der Waals surface area contributed by atoms with Crippen LogP contribution in [-0.4, -0.2) is 65.5 Å². The van der Waals surface area contributed by atoms with Gasteiger partial charge in [-0.15, -0.1) is 0 Å². The average molecular weight is 365 g/mol. The third-order valence-electron chi connectivity index (χ3n) is 4.79. The van der Waals surface area contributed by atoms with Gasteiger partial charge in [0.05, 0.1) is 6.67 Å². The van der Waals surface area contributed by atoms with Gasteiger partial charge in [-0.05, 0) is 24.1 Å². The number of nitrogens with zero attached hydrogens (tertiary/aromatic N) is 3. The lowest BCUT2D eigenvalue weighted by Gasteiger charge is -2.36. The minimum atomic E-state index is -0.346. The van der Waals surface area contributed by atoms with E-state index in [1.165, 1.54) is 10.5 Å². The third kappa shape index (κ3) is 4.51. The van der Waals surface area contributed by atoms with E-state index in [0.717, 1.165) is 44.2 Å². The molecule has 0 bridgehead atoms. The smallest absolute Gasteiger partial charge is 0.325 e. The van der Waals surface area contributed by atoms with Gasteiger partial charge in [-0.2, -0.15) is 0 Å². The summed E-state index contributed by atoms with van der Waals surface area (Å²) in [5, 5.41) is 3.54. The lowest BCUT2D eigenvalue weighted by molar-refractivity contribution is -0.129. The molecule has 1 aromatic carbocycles. The summed E-state index contributed by atoms with van der Waals surface area (Å²) < 4.78 is 0. The molecule has 0 radical (unpaired) electrons. The molecule has 2 heterocycles. The number of piperazine rings is 1. The minimum Gasteiger partial charge on any atom is -0.326 e. The second kappa shape index (κ2) is 8.17. The maximum Gasteiger partial charge on any atom is 0.325 e. The highest BCUT2D eigenvalue weighted by molar-refractivity contribution is 6.30. The first kappa shape index (κ1) is 18.2. The summed E-state index contributed by atoms with van der Waals surface area (Å²) in [6.07, 6.45) is 1.58. The number of amides is 3. The van der Waals surface area contributed by atoms with Crippen LogP contribution >= 0.6 is 11.6 Å². The van der Waals surface area contributed by atoms with Crippen molar-refractivity contribution >= 4 is 23.5 Å². The van der Waals surface area contributed by atoms with E-state index in [1.54, 1.807) is 0 Å². The second-order valence-corrected chi connectivity index (χ2v) is 7.16. The van der Waals surface area contributed by atoms with Crippen molar-refractivity contribution in [3.8, 4) is 0 Å². The molecular formula is C18H25ClN4O2. The molecule has 136 valence electrons. The topological polar surface area (TPSA) is 55.9 Å². The van der Waals surface area contributed by atoms with Crippen LogP contribution in [-0.2, 0) is 11.3 Å². The maximum absolute atomic E-state index is 12.3. The first-order valence-electron chi connectivity index (χ1n) is 8.88. The Hall–Kier alpha value is -1.63. The Labute approximate surface area is 153 Å². The van der Waals surface area contributed by atoms with E-state index in [4.69, 9.17) is 11.6 Å². The van der Waals surface area contributed by atoms with E-state index in [2.05, 4.69) is 21.2 Å². The zero-order valence-electron chi connectivity index (χ0n) is 14.6. The van der Waals surface area contributed by atoms with Crippen LogP contribution in [0.15, 0.2) is 24.3 Å². The molecule has 2 fully saturated rings. The number of rotatable bonds is 6. The van der Waals surface area contributed by atoms with Gasteiger partial charge in [0, 0.05) is 37.7 Å². The zero-order valence-corrected chi connectivity index (χ0v) is 15.3. The van der Waals surface area contributed by atoms with Crippen molar-refractivity contribution in [1.29, 1.82) is 0 Å². The first-order valence-corrected chi connectivity index (χ1v) is 9.25. The Morgan fingerprint density at radius 1 is 1.16 bits per heavy atom. The molecule has 1 N–H and O–H groups in total. The average Bonchev–Trinajstić information content (AvgIpc) is 2.85. The van der Waals surface area contributed by atoms with Gasteiger partial charge in [-0.3, -0.25) is 14.6 Å². The van der Waals surface area contributed by atoms with Crippen molar-refractivity contribution in [2.75, 3.05) is 32.8 Å². The molecule has 7 heteroatoms. The van der Waals surface area contributed by atoms with E-state index in [1.807, 2.05) is 25.1 Å². The van der Waals surface area contributed by atoms with Crippen molar-refractivity contribution in [1.82, 2.24) is 20.0 Å². The highest BCUT2D eigenvalue weighted by Crippen LogP contribution is 2.15. The molecule has 2 saturated heterocycles. The number of carbonyl (C=O) groups is 2. The molecule has 25 heavy (non-hydrogen) atoms. The summed E-state index contributed by atoms with van der Waals surface area (Å²) in [5.74, 6) is -0.0896. The Morgan fingerprint density at radius 3 is 2.56 bits per heavy atom. The molecular weight excluding hydrogens is 340 g/mol. The van der Waals surface area contributed by atoms with Crippen LogP contribution in [0.4, 0.5) is 4.79 Å². The molecule has 3 rings (SSSR count). The Morgan fingerprint density at radius 2 is 1.88 bits per heavy atom. The number of benzene rings is 1. The molecule has 3 amide bonds. The fourth-order valence-electron chi connectivity index (χ4n) is 3.38. The molecule has 1 atom stereocenters. The van der Waals surface area contributed by atoms with Crippen molar-refractivity contribution in [3.05, 3.63) is 34.9 Å². The fraction of sp³-hybridized carbons (Fsp3) is 0.556. The lowest BCUT2D eigenvalue weighted by Crippen LogP contribution is -2.51. The molecule has 0 saturated carbocycles. The standard InChI is InChI=1S/C18H25ClN4O2/c1-2-4-16-17(24)23(18(25)20-16)13-22-9-7-21(8-10-22)12-14-5-3-6-15(19)11-14/h3,5-6,11,16H,2,4,7-10,12-13H2,1H3,(H,20,25)/t16-/m0/s1. The minimum absolute atomic E-state index is 0.0896. The van der Waals surface area contributed by atoms with Gasteiger partial charge in [0.15, 0.2) is 0 Å². The number of nitrogens with one attached hydrogen (secondary N) is 1. The largest absolute Gasteiger partial charge is 0.326 e. The number of hydrogen-bond acceptors (Lipinski definition) is 4. The molecule has 1 aromatic rings. The molecule has 0 aromatic heterocycles. The quantitative estimate of drug-likeness (QED) is 0.786. The lowest BCUT2D eigenvalue weighted by atomic mass is 10.2. The van der Waals surface area contributed by atoms with Gasteiger partial charge in [-0.25, -0.2) is 9.69 Å². The monoisotopic (exact) mass is 364 g/mol. The number of hydrogen-bond donors (Lipinski definition) is 1. The Kier molecular flexibility index (Phi) is 5.93. The Bertz CT molecular complexity index is 631. The molecule has 0 spiro atoms. The van der Waals surface area contributed by atoms with Crippen LogP contribution in [0.25, 0.3) is 0 Å². The van der Waals surface area contributed by atoms with Crippen LogP contribution in [0.2, 0.25) is 5.02 Å². The van der Waals surface area contributed by atoms with E-state index in [-0.39, 0.29) is 18.0 Å². The number of imide groups is 1. The SMILES string of the molecule is CCC[C@@H]1NC(=O)N(CN2CCN(Cc3cccc(Cl)c3)CC2)C1=O. The summed E-state index contributed by atoms with van der Waals surface area (Å²) in [4.78, 5) is 30.2. The van der Waals surface area contributed by atoms with Gasteiger partial charge in [0.1, 0.15) is 6.04 Å². The van der Waals surface area contributed by atoms with Crippen LogP contribution in [0.5, 0.6) is 0 Å². The van der Waals surface area contributed by atoms with Crippen LogP contribution in [0, 0.1) is 0 Å². The van der Waals surface area contributed by atoms with Gasteiger partial charge in [0.25, 0.3) is 5.91 Å². The zero-order chi connectivity index (χ0) is 17.8. The van der Waals surface area contributed by atoms with E-state index < -0.39 is 0 Å². The second-order valence-electron chi connectivity index (χ2n) is 6.72. The van der Waals surface area contributed by atoms with Gasteiger partial charge in [0.2, 0.25) is 0 Å². The highest BCUT2D eigenvalue weighted by Gasteiger charge is 2.38. The van der Waals surface area contributed by atoms with Crippen molar-refractivity contribution < 1.29 is 9.59 Å². The van der Waals surface area contributed by atoms with Gasteiger partial charge < -0.3 is 5.32 Å². The summed E-state index contributed by atoms with van der Waals surface area (Å²) in [5.41, 5.74) is 1.21. The molecule has 6 nitrogen and oxygen atoms in total. The molecule has 0 unspecified atom stereocenters. The predicted octanol–water partition coefficient (Wildman–Crippen LogP) is 2.14. The van der Waals surface area contributed by atoms with Crippen LogP contribution in [0.1, 0.15) is 25.3 Å². The maximum atomic E-state index is 12.3. The Balaban J connectivity index is 1.48. The van der Waals surface area contributed by atoms with E-state index in [0.29, 0.717) is 13.1 Å². The number of carbonyl (C=O) groups excluding carboxylic acids is 2. The van der Waals surface area contributed by atoms with Gasteiger partial charge >= 0.3 is 6.03 Å². The number of urea groups is 1.